The van der Waals surface area contributed by atoms with E-state index in [1.165, 1.54) is 0 Å². The third kappa shape index (κ3) is 3.24. The molecule has 9 heteroatoms. The zero-order chi connectivity index (χ0) is 17.1. The molecule has 23 heavy (non-hydrogen) atoms. The van der Waals surface area contributed by atoms with Gasteiger partial charge in [-0.15, -0.1) is 0 Å². The molecule has 0 aliphatic carbocycles. The zero-order valence-electron chi connectivity index (χ0n) is 12.8. The fourth-order valence-corrected chi connectivity index (χ4v) is 2.39. The first-order valence-electron chi connectivity index (χ1n) is 7.14. The smallest absolute Gasteiger partial charge is 0.312 e. The average Bonchev–Trinajstić information content (AvgIpc) is 2.75. The van der Waals surface area contributed by atoms with Crippen molar-refractivity contribution in [2.75, 3.05) is 6.61 Å². The van der Waals surface area contributed by atoms with Gasteiger partial charge in [-0.2, -0.15) is 4.68 Å². The van der Waals surface area contributed by atoms with Crippen molar-refractivity contribution in [1.29, 1.82) is 0 Å². The first kappa shape index (κ1) is 16.7. The Bertz CT molecular complexity index is 832. The molecule has 0 amide bonds. The molecule has 0 aromatic carbocycles. The van der Waals surface area contributed by atoms with Crippen molar-refractivity contribution in [2.24, 2.45) is 0 Å². The lowest BCUT2D eigenvalue weighted by atomic mass is 10.0. The summed E-state index contributed by atoms with van der Waals surface area (Å²) in [6.45, 7) is 3.15. The summed E-state index contributed by atoms with van der Waals surface area (Å²) in [7, 11) is 0. The second kappa shape index (κ2) is 6.61. The fourth-order valence-electron chi connectivity index (χ4n) is 2.39. The quantitative estimate of drug-likeness (QED) is 0.574. The van der Waals surface area contributed by atoms with Crippen LogP contribution in [0.5, 0.6) is 0 Å². The van der Waals surface area contributed by atoms with Crippen LogP contribution in [0.3, 0.4) is 0 Å². The molecule has 0 fully saturated rings. The third-order valence-electron chi connectivity index (χ3n) is 3.58. The maximum Gasteiger partial charge on any atom is 0.312 e. The highest BCUT2D eigenvalue weighted by Crippen LogP contribution is 2.16. The number of aliphatic hydroxyl groups is 1. The number of rotatable bonds is 6. The van der Waals surface area contributed by atoms with Gasteiger partial charge in [0.15, 0.2) is 0 Å². The molecule has 0 bridgehead atoms. The molecule has 2 aromatic heterocycles. The minimum Gasteiger partial charge on any atom is -0.481 e. The number of aliphatic carboxylic acids is 1. The number of H-pyrrole nitrogens is 2. The topological polar surface area (TPSA) is 141 Å². The normalized spacial score (nSPS) is 12.3. The molecule has 0 spiro atoms. The van der Waals surface area contributed by atoms with Crippen LogP contribution < -0.4 is 11.1 Å². The standard InChI is InChI=1S/C14H18N4O5/c1-3-8(13(22)23)10-6-11(20)16-14(15-10)18-12(21)9(4-5-19)7(2)17-18/h6,8,17,19H,3-5H2,1-2H3,(H,22,23)(H,15,16,20). The van der Waals surface area contributed by atoms with Crippen LogP contribution in [0, 0.1) is 6.92 Å². The van der Waals surface area contributed by atoms with Crippen molar-refractivity contribution in [3.05, 3.63) is 43.7 Å². The maximum atomic E-state index is 12.3. The van der Waals surface area contributed by atoms with Gasteiger partial charge >= 0.3 is 5.97 Å². The number of nitrogens with zero attached hydrogens (tertiary/aromatic N) is 2. The van der Waals surface area contributed by atoms with E-state index in [4.69, 9.17) is 5.11 Å². The summed E-state index contributed by atoms with van der Waals surface area (Å²) >= 11 is 0. The highest BCUT2D eigenvalue weighted by Gasteiger charge is 2.21. The number of carbonyl (C=O) groups is 1. The molecule has 2 heterocycles. The predicted molar refractivity (Wildman–Crippen MR) is 81.0 cm³/mol. The van der Waals surface area contributed by atoms with Crippen LogP contribution in [-0.4, -0.2) is 42.5 Å². The van der Waals surface area contributed by atoms with Gasteiger partial charge in [0.2, 0.25) is 5.95 Å². The SMILES string of the molecule is CCC(C(=O)O)c1cc(=O)[nH]c(-n2[nH]c(C)c(CCO)c2=O)n1. The number of nitrogens with one attached hydrogen (secondary N) is 2. The Morgan fingerprint density at radius 1 is 1.43 bits per heavy atom. The Hall–Kier alpha value is -2.68. The van der Waals surface area contributed by atoms with Crippen LogP contribution in [-0.2, 0) is 11.2 Å². The van der Waals surface area contributed by atoms with E-state index in [1.54, 1.807) is 13.8 Å². The first-order chi connectivity index (χ1) is 10.9. The summed E-state index contributed by atoms with van der Waals surface area (Å²) in [4.78, 5) is 41.9. The van der Waals surface area contributed by atoms with Crippen molar-refractivity contribution >= 4 is 5.97 Å². The Balaban J connectivity index is 2.60. The van der Waals surface area contributed by atoms with Gasteiger partial charge in [0.1, 0.15) is 0 Å². The van der Waals surface area contributed by atoms with E-state index in [-0.39, 0.29) is 31.1 Å². The predicted octanol–water partition coefficient (Wildman–Crippen LogP) is -0.330. The van der Waals surface area contributed by atoms with E-state index in [2.05, 4.69) is 15.1 Å². The average molecular weight is 322 g/mol. The summed E-state index contributed by atoms with van der Waals surface area (Å²) in [6, 6.07) is 1.11. The van der Waals surface area contributed by atoms with Crippen molar-refractivity contribution in [3.8, 4) is 5.95 Å². The second-order valence-electron chi connectivity index (χ2n) is 5.12. The van der Waals surface area contributed by atoms with E-state index in [9.17, 15) is 19.5 Å². The highest BCUT2D eigenvalue weighted by atomic mass is 16.4. The number of carboxylic acid groups (broad SMARTS) is 1. The summed E-state index contributed by atoms with van der Waals surface area (Å²) in [5.41, 5.74) is 0.0163. The molecule has 2 rings (SSSR count). The second-order valence-corrected chi connectivity index (χ2v) is 5.12. The summed E-state index contributed by atoms with van der Waals surface area (Å²) in [5, 5.41) is 21.0. The Kier molecular flexibility index (Phi) is 4.80. The van der Waals surface area contributed by atoms with Gasteiger partial charge in [0, 0.05) is 30.4 Å². The maximum absolute atomic E-state index is 12.3. The highest BCUT2D eigenvalue weighted by molar-refractivity contribution is 5.75. The molecule has 0 saturated heterocycles. The number of hydrogen-bond acceptors (Lipinski definition) is 5. The van der Waals surface area contributed by atoms with Crippen LogP contribution in [0.4, 0.5) is 0 Å². The van der Waals surface area contributed by atoms with Crippen molar-refractivity contribution in [2.45, 2.75) is 32.6 Å². The summed E-state index contributed by atoms with van der Waals surface area (Å²) in [5.74, 6) is -2.10. The van der Waals surface area contributed by atoms with Gasteiger partial charge in [0.25, 0.3) is 11.1 Å². The molecule has 0 aliphatic rings. The van der Waals surface area contributed by atoms with E-state index in [1.807, 2.05) is 0 Å². The lowest BCUT2D eigenvalue weighted by Crippen LogP contribution is -2.25. The molecule has 0 radical (unpaired) electrons. The van der Waals surface area contributed by atoms with Crippen molar-refractivity contribution in [3.63, 3.8) is 0 Å². The molecule has 124 valence electrons. The van der Waals surface area contributed by atoms with Crippen LogP contribution in [0.1, 0.15) is 36.2 Å². The number of carboxylic acids is 1. The molecular weight excluding hydrogens is 304 g/mol. The number of aromatic nitrogens is 4. The Labute approximate surface area is 130 Å². The van der Waals surface area contributed by atoms with Crippen LogP contribution >= 0.6 is 0 Å². The van der Waals surface area contributed by atoms with Gasteiger partial charge in [-0.25, -0.2) is 4.98 Å². The first-order valence-corrected chi connectivity index (χ1v) is 7.14. The molecular formula is C14H18N4O5. The third-order valence-corrected chi connectivity index (χ3v) is 3.58. The lowest BCUT2D eigenvalue weighted by Gasteiger charge is -2.10. The van der Waals surface area contributed by atoms with Gasteiger partial charge in [0.05, 0.1) is 11.6 Å². The minimum atomic E-state index is -1.09. The largest absolute Gasteiger partial charge is 0.481 e. The zero-order valence-corrected chi connectivity index (χ0v) is 12.8. The molecule has 0 saturated carbocycles. The summed E-state index contributed by atoms with van der Waals surface area (Å²) < 4.78 is 1.04. The van der Waals surface area contributed by atoms with Crippen LogP contribution in [0.2, 0.25) is 0 Å². The van der Waals surface area contributed by atoms with Crippen LogP contribution in [0.25, 0.3) is 5.95 Å². The molecule has 9 nitrogen and oxygen atoms in total. The van der Waals surface area contributed by atoms with Crippen molar-refractivity contribution in [1.82, 2.24) is 19.7 Å². The van der Waals surface area contributed by atoms with Gasteiger partial charge in [-0.05, 0) is 13.3 Å². The van der Waals surface area contributed by atoms with E-state index in [0.29, 0.717) is 11.3 Å². The van der Waals surface area contributed by atoms with Gasteiger partial charge < -0.3 is 10.2 Å². The minimum absolute atomic E-state index is 0.0792. The fraction of sp³-hybridized carbons (Fsp3) is 0.429. The van der Waals surface area contributed by atoms with Gasteiger partial charge in [-0.1, -0.05) is 6.92 Å². The lowest BCUT2D eigenvalue weighted by molar-refractivity contribution is -0.138. The molecule has 4 N–H and O–H groups in total. The Morgan fingerprint density at radius 2 is 2.13 bits per heavy atom. The number of aryl methyl sites for hydroxylation is 1. The van der Waals surface area contributed by atoms with Gasteiger partial charge in [-0.3, -0.25) is 24.5 Å². The van der Waals surface area contributed by atoms with E-state index < -0.39 is 23.0 Å². The van der Waals surface area contributed by atoms with E-state index >= 15 is 0 Å². The number of aromatic amines is 2. The molecule has 1 atom stereocenters. The molecule has 1 unspecified atom stereocenters. The molecule has 0 aliphatic heterocycles. The molecule has 2 aromatic rings. The summed E-state index contributed by atoms with van der Waals surface area (Å²) in [6.07, 6.45) is 0.435. The van der Waals surface area contributed by atoms with E-state index in [0.717, 1.165) is 10.7 Å². The van der Waals surface area contributed by atoms with Crippen molar-refractivity contribution < 1.29 is 15.0 Å². The monoisotopic (exact) mass is 322 g/mol. The number of hydrogen-bond donors (Lipinski definition) is 4. The number of aliphatic hydroxyl groups excluding tert-OH is 1. The van der Waals surface area contributed by atoms with Crippen LogP contribution in [0.15, 0.2) is 15.7 Å². The Morgan fingerprint density at radius 3 is 2.70 bits per heavy atom.